The number of carbonyl (C=O) groups excluding carboxylic acids is 2. The summed E-state index contributed by atoms with van der Waals surface area (Å²) in [5, 5.41) is 15.1. The number of esters is 1. The second-order valence-corrected chi connectivity index (χ2v) is 8.16. The van der Waals surface area contributed by atoms with Crippen LogP contribution in [0.3, 0.4) is 0 Å². The lowest BCUT2D eigenvalue weighted by Crippen LogP contribution is -2.34. The Morgan fingerprint density at radius 3 is 2.65 bits per heavy atom. The van der Waals surface area contributed by atoms with E-state index >= 15 is 0 Å². The quantitative estimate of drug-likeness (QED) is 0.393. The van der Waals surface area contributed by atoms with Crippen LogP contribution in [0.4, 0.5) is 0 Å². The maximum absolute atomic E-state index is 13.2. The van der Waals surface area contributed by atoms with E-state index in [0.717, 1.165) is 19.3 Å². The summed E-state index contributed by atoms with van der Waals surface area (Å²) in [6.45, 7) is 3.35. The average Bonchev–Trinajstić information content (AvgIpc) is 3.26. The number of nitrogens with zero attached hydrogens (tertiary/aromatic N) is 2. The molecule has 158 valence electrons. The Morgan fingerprint density at radius 1 is 1.19 bits per heavy atom. The van der Waals surface area contributed by atoms with Gasteiger partial charge in [0.15, 0.2) is 0 Å². The van der Waals surface area contributed by atoms with E-state index in [1.807, 2.05) is 0 Å². The van der Waals surface area contributed by atoms with Gasteiger partial charge in [0.2, 0.25) is 0 Å². The van der Waals surface area contributed by atoms with Crippen LogP contribution >= 0.6 is 0 Å². The van der Waals surface area contributed by atoms with Crippen molar-refractivity contribution in [3.05, 3.63) is 80.4 Å². The molecule has 1 atom stereocenters. The fourth-order valence-corrected chi connectivity index (χ4v) is 4.67. The highest BCUT2D eigenvalue weighted by Crippen LogP contribution is 2.46. The highest BCUT2D eigenvalue weighted by atomic mass is 16.6. The molecule has 1 aliphatic carbocycles. The van der Waals surface area contributed by atoms with E-state index in [0.29, 0.717) is 33.8 Å². The van der Waals surface area contributed by atoms with Crippen LogP contribution in [0.2, 0.25) is 0 Å². The SMILES string of the molecule is CC1=C(C(=O)OC2CCC2)C(c2cccc3c2-c2cccn2C3=O)C([N+](=O)[O-])=C(C)N1. The lowest BCUT2D eigenvalue weighted by molar-refractivity contribution is -0.431. The smallest absolute Gasteiger partial charge is 0.337 e. The first-order valence-corrected chi connectivity index (χ1v) is 10.3. The average molecular weight is 419 g/mol. The fourth-order valence-electron chi connectivity index (χ4n) is 4.67. The molecule has 1 fully saturated rings. The fraction of sp³-hybridized carbons (Fsp3) is 0.304. The molecular weight excluding hydrogens is 398 g/mol. The van der Waals surface area contributed by atoms with E-state index in [1.54, 1.807) is 50.4 Å². The van der Waals surface area contributed by atoms with Crippen molar-refractivity contribution < 1.29 is 19.2 Å². The predicted octanol–water partition coefficient (Wildman–Crippen LogP) is 3.72. The second-order valence-electron chi connectivity index (χ2n) is 8.16. The number of allylic oxidation sites excluding steroid dienone is 3. The van der Waals surface area contributed by atoms with Gasteiger partial charge in [-0.1, -0.05) is 12.1 Å². The monoisotopic (exact) mass is 419 g/mol. The number of benzene rings is 1. The number of aromatic nitrogens is 1. The summed E-state index contributed by atoms with van der Waals surface area (Å²) in [7, 11) is 0. The predicted molar refractivity (Wildman–Crippen MR) is 112 cm³/mol. The summed E-state index contributed by atoms with van der Waals surface area (Å²) in [5.74, 6) is -1.69. The van der Waals surface area contributed by atoms with Gasteiger partial charge in [-0.05, 0) is 56.9 Å². The molecular formula is C23H21N3O5. The van der Waals surface area contributed by atoms with Crippen LogP contribution in [-0.2, 0) is 9.53 Å². The number of fused-ring (bicyclic) bond motifs is 3. The Hall–Kier alpha value is -3.68. The Kier molecular flexibility index (Phi) is 4.32. The summed E-state index contributed by atoms with van der Waals surface area (Å²) in [6.07, 6.45) is 4.12. The largest absolute Gasteiger partial charge is 0.459 e. The lowest BCUT2D eigenvalue weighted by atomic mass is 9.80. The third kappa shape index (κ3) is 2.82. The van der Waals surface area contributed by atoms with E-state index in [1.165, 1.54) is 4.57 Å². The molecule has 1 unspecified atom stereocenters. The number of nitrogens with one attached hydrogen (secondary N) is 1. The molecule has 8 nitrogen and oxygen atoms in total. The number of hydrogen-bond donors (Lipinski definition) is 1. The zero-order chi connectivity index (χ0) is 21.9. The minimum absolute atomic E-state index is 0.114. The molecule has 0 radical (unpaired) electrons. The van der Waals surface area contributed by atoms with Crippen molar-refractivity contribution in [2.45, 2.75) is 45.1 Å². The third-order valence-corrected chi connectivity index (χ3v) is 6.33. The topological polar surface area (TPSA) is 103 Å². The molecule has 1 N–H and O–H groups in total. The van der Waals surface area contributed by atoms with Gasteiger partial charge < -0.3 is 10.1 Å². The first-order chi connectivity index (χ1) is 14.9. The molecule has 1 aromatic heterocycles. The van der Waals surface area contributed by atoms with Gasteiger partial charge in [-0.15, -0.1) is 0 Å². The number of carbonyl (C=O) groups is 2. The highest BCUT2D eigenvalue weighted by Gasteiger charge is 2.44. The molecule has 3 aliphatic rings. The van der Waals surface area contributed by atoms with E-state index in [-0.39, 0.29) is 23.3 Å². The van der Waals surface area contributed by atoms with E-state index < -0.39 is 16.8 Å². The van der Waals surface area contributed by atoms with Crippen LogP contribution in [-0.4, -0.2) is 27.5 Å². The van der Waals surface area contributed by atoms with Crippen molar-refractivity contribution in [1.29, 1.82) is 0 Å². The Balaban J connectivity index is 1.71. The van der Waals surface area contributed by atoms with Crippen LogP contribution in [0.15, 0.2) is 59.2 Å². The molecule has 2 aromatic rings. The molecule has 0 amide bonds. The normalized spacial score (nSPS) is 20.2. The summed E-state index contributed by atoms with van der Waals surface area (Å²) in [5.41, 5.74) is 3.30. The minimum Gasteiger partial charge on any atom is -0.459 e. The van der Waals surface area contributed by atoms with E-state index in [2.05, 4.69) is 5.32 Å². The number of hydrogen-bond acceptors (Lipinski definition) is 6. The lowest BCUT2D eigenvalue weighted by Gasteiger charge is -2.30. The van der Waals surface area contributed by atoms with Gasteiger partial charge in [-0.3, -0.25) is 19.5 Å². The summed E-state index contributed by atoms with van der Waals surface area (Å²) in [4.78, 5) is 37.7. The molecule has 3 heterocycles. The van der Waals surface area contributed by atoms with Gasteiger partial charge >= 0.3 is 5.97 Å². The van der Waals surface area contributed by atoms with E-state index in [4.69, 9.17) is 4.74 Å². The maximum Gasteiger partial charge on any atom is 0.337 e. The molecule has 5 rings (SSSR count). The minimum atomic E-state index is -0.951. The molecule has 8 heteroatoms. The molecule has 31 heavy (non-hydrogen) atoms. The standard InChI is InChI=1S/C23H21N3O5/c1-12-18(23(28)31-14-6-3-7-14)20(21(26(29)30)13(2)24-12)15-8-4-9-16-19(15)17-10-5-11-25(17)22(16)27/h4-5,8-11,14,20,24H,3,6-7H2,1-2H3. The first-order valence-electron chi connectivity index (χ1n) is 10.3. The molecule has 0 saturated heterocycles. The van der Waals surface area contributed by atoms with Gasteiger partial charge in [-0.25, -0.2) is 4.79 Å². The van der Waals surface area contributed by atoms with Gasteiger partial charge in [0.05, 0.1) is 21.9 Å². The zero-order valence-corrected chi connectivity index (χ0v) is 17.2. The van der Waals surface area contributed by atoms with Crippen molar-refractivity contribution in [3.8, 4) is 11.3 Å². The Morgan fingerprint density at radius 2 is 1.97 bits per heavy atom. The van der Waals surface area contributed by atoms with Gasteiger partial charge in [0.1, 0.15) is 12.0 Å². The second kappa shape index (κ2) is 6.94. The Labute approximate surface area is 178 Å². The summed E-state index contributed by atoms with van der Waals surface area (Å²) in [6, 6.07) is 8.74. The van der Waals surface area contributed by atoms with Crippen molar-refractivity contribution >= 4 is 11.9 Å². The van der Waals surface area contributed by atoms with Crippen molar-refractivity contribution in [1.82, 2.24) is 9.88 Å². The van der Waals surface area contributed by atoms with Gasteiger partial charge in [-0.2, -0.15) is 0 Å². The maximum atomic E-state index is 13.2. The van der Waals surface area contributed by atoms with E-state index in [9.17, 15) is 19.7 Å². The summed E-state index contributed by atoms with van der Waals surface area (Å²) < 4.78 is 7.18. The van der Waals surface area contributed by atoms with Crippen LogP contribution in [0.5, 0.6) is 0 Å². The van der Waals surface area contributed by atoms with Crippen LogP contribution in [0.25, 0.3) is 11.3 Å². The molecule has 2 aliphatic heterocycles. The van der Waals surface area contributed by atoms with Crippen LogP contribution in [0.1, 0.15) is 54.9 Å². The number of ether oxygens (including phenoxy) is 1. The van der Waals surface area contributed by atoms with Crippen molar-refractivity contribution in [3.63, 3.8) is 0 Å². The Bertz CT molecular complexity index is 1220. The van der Waals surface area contributed by atoms with Crippen LogP contribution < -0.4 is 5.32 Å². The third-order valence-electron chi connectivity index (χ3n) is 6.33. The molecule has 0 spiro atoms. The first kappa shape index (κ1) is 19.3. The van der Waals surface area contributed by atoms with Gasteiger partial charge in [0, 0.05) is 23.0 Å². The highest BCUT2D eigenvalue weighted by molar-refractivity contribution is 6.10. The molecule has 0 bridgehead atoms. The number of nitro groups is 1. The van der Waals surface area contributed by atoms with Crippen LogP contribution in [0, 0.1) is 10.1 Å². The molecule has 1 aromatic carbocycles. The summed E-state index contributed by atoms with van der Waals surface area (Å²) >= 11 is 0. The van der Waals surface area contributed by atoms with Gasteiger partial charge in [0.25, 0.3) is 11.6 Å². The molecule has 1 saturated carbocycles. The van der Waals surface area contributed by atoms with Crippen molar-refractivity contribution in [2.24, 2.45) is 0 Å². The number of dihydropyridines is 1. The number of rotatable bonds is 4. The zero-order valence-electron chi connectivity index (χ0n) is 17.2. The van der Waals surface area contributed by atoms with Crippen molar-refractivity contribution in [2.75, 3.05) is 0 Å².